The molecule has 1 aromatic rings. The first-order valence-electron chi connectivity index (χ1n) is 6.42. The van der Waals surface area contributed by atoms with E-state index in [9.17, 15) is 14.3 Å². The number of benzene rings is 1. The zero-order valence-corrected chi connectivity index (χ0v) is 11.2. The van der Waals surface area contributed by atoms with Crippen LogP contribution in [0, 0.1) is 11.7 Å². The Balaban J connectivity index is 2.08. The van der Waals surface area contributed by atoms with Crippen molar-refractivity contribution in [1.82, 2.24) is 4.90 Å². The van der Waals surface area contributed by atoms with Gasteiger partial charge in [-0.15, -0.1) is 0 Å². The minimum atomic E-state index is -0.430. The second-order valence-electron chi connectivity index (χ2n) is 5.09. The highest BCUT2D eigenvalue weighted by Crippen LogP contribution is 2.28. The third kappa shape index (κ3) is 2.87. The Morgan fingerprint density at radius 3 is 2.79 bits per heavy atom. The SMILES string of the molecule is CNc1c(F)cccc1C(=O)N(C)CC1CC(O)C1. The summed E-state index contributed by atoms with van der Waals surface area (Å²) in [7, 11) is 3.30. The molecule has 1 saturated carbocycles. The maximum atomic E-state index is 13.6. The predicted octanol–water partition coefficient (Wildman–Crippen LogP) is 1.71. The van der Waals surface area contributed by atoms with Crippen molar-refractivity contribution in [2.75, 3.05) is 26.0 Å². The van der Waals surface area contributed by atoms with E-state index in [0.717, 1.165) is 12.8 Å². The molecule has 1 fully saturated rings. The molecular formula is C14H19FN2O2. The molecule has 0 atom stereocenters. The van der Waals surface area contributed by atoms with Crippen molar-refractivity contribution in [3.63, 3.8) is 0 Å². The minimum Gasteiger partial charge on any atom is -0.393 e. The van der Waals surface area contributed by atoms with Crippen LogP contribution in [0.2, 0.25) is 0 Å². The molecule has 104 valence electrons. The van der Waals surface area contributed by atoms with Crippen molar-refractivity contribution >= 4 is 11.6 Å². The number of aliphatic hydroxyl groups excluding tert-OH is 1. The summed E-state index contributed by atoms with van der Waals surface area (Å²) >= 11 is 0. The first-order valence-corrected chi connectivity index (χ1v) is 6.42. The molecule has 19 heavy (non-hydrogen) atoms. The average Bonchev–Trinajstić information content (AvgIpc) is 2.35. The Kier molecular flexibility index (Phi) is 4.04. The van der Waals surface area contributed by atoms with E-state index in [-0.39, 0.29) is 17.7 Å². The highest BCUT2D eigenvalue weighted by atomic mass is 19.1. The third-order valence-electron chi connectivity index (χ3n) is 3.58. The monoisotopic (exact) mass is 266 g/mol. The molecule has 4 nitrogen and oxygen atoms in total. The highest BCUT2D eigenvalue weighted by Gasteiger charge is 2.29. The molecule has 0 aliphatic heterocycles. The van der Waals surface area contributed by atoms with E-state index in [0.29, 0.717) is 18.0 Å². The second kappa shape index (κ2) is 5.57. The van der Waals surface area contributed by atoms with Crippen LogP contribution < -0.4 is 5.32 Å². The van der Waals surface area contributed by atoms with Gasteiger partial charge in [-0.2, -0.15) is 0 Å². The zero-order chi connectivity index (χ0) is 14.0. The molecule has 2 rings (SSSR count). The highest BCUT2D eigenvalue weighted by molar-refractivity contribution is 5.99. The van der Waals surface area contributed by atoms with Crippen LogP contribution in [-0.2, 0) is 0 Å². The standard InChI is InChI=1S/C14H19FN2O2/c1-16-13-11(4-3-5-12(13)15)14(19)17(2)8-9-6-10(18)7-9/h3-5,9-10,16,18H,6-8H2,1-2H3. The second-order valence-corrected chi connectivity index (χ2v) is 5.09. The number of rotatable bonds is 4. The number of aliphatic hydroxyl groups is 1. The molecule has 0 radical (unpaired) electrons. The van der Waals surface area contributed by atoms with Crippen molar-refractivity contribution in [2.45, 2.75) is 18.9 Å². The van der Waals surface area contributed by atoms with Gasteiger partial charge in [-0.3, -0.25) is 4.79 Å². The molecule has 2 N–H and O–H groups in total. The predicted molar refractivity (Wildman–Crippen MR) is 71.6 cm³/mol. The van der Waals surface area contributed by atoms with Gasteiger partial charge < -0.3 is 15.3 Å². The average molecular weight is 266 g/mol. The van der Waals surface area contributed by atoms with E-state index >= 15 is 0 Å². The van der Waals surface area contributed by atoms with E-state index < -0.39 is 5.82 Å². The lowest BCUT2D eigenvalue weighted by atomic mass is 9.82. The number of carbonyl (C=O) groups is 1. The smallest absolute Gasteiger partial charge is 0.255 e. The molecule has 1 aliphatic carbocycles. The van der Waals surface area contributed by atoms with E-state index in [1.54, 1.807) is 25.1 Å². The topological polar surface area (TPSA) is 52.6 Å². The fourth-order valence-electron chi connectivity index (χ4n) is 2.48. The molecule has 1 aromatic carbocycles. The van der Waals surface area contributed by atoms with Gasteiger partial charge in [0, 0.05) is 20.6 Å². The molecule has 0 heterocycles. The third-order valence-corrected chi connectivity index (χ3v) is 3.58. The van der Waals surface area contributed by atoms with Crippen LogP contribution in [0.3, 0.4) is 0 Å². The van der Waals surface area contributed by atoms with E-state index in [1.165, 1.54) is 12.1 Å². The molecular weight excluding hydrogens is 247 g/mol. The number of halogens is 1. The van der Waals surface area contributed by atoms with Gasteiger partial charge >= 0.3 is 0 Å². The number of carbonyl (C=O) groups excluding carboxylic acids is 1. The van der Waals surface area contributed by atoms with Gasteiger partial charge in [0.1, 0.15) is 5.82 Å². The van der Waals surface area contributed by atoms with E-state index in [2.05, 4.69) is 5.32 Å². The number of hydrogen-bond acceptors (Lipinski definition) is 3. The van der Waals surface area contributed by atoms with Crippen LogP contribution in [0.1, 0.15) is 23.2 Å². The van der Waals surface area contributed by atoms with Gasteiger partial charge in [-0.1, -0.05) is 6.07 Å². The van der Waals surface area contributed by atoms with Crippen LogP contribution in [0.15, 0.2) is 18.2 Å². The molecule has 1 amide bonds. The summed E-state index contributed by atoms with van der Waals surface area (Å²) in [6.45, 7) is 0.593. The Morgan fingerprint density at radius 2 is 2.21 bits per heavy atom. The van der Waals surface area contributed by atoms with Gasteiger partial charge in [0.15, 0.2) is 0 Å². The van der Waals surface area contributed by atoms with Gasteiger partial charge in [0.05, 0.1) is 17.4 Å². The largest absolute Gasteiger partial charge is 0.393 e. The zero-order valence-electron chi connectivity index (χ0n) is 11.2. The summed E-state index contributed by atoms with van der Waals surface area (Å²) in [5.74, 6) is -0.290. The fraction of sp³-hybridized carbons (Fsp3) is 0.500. The van der Waals surface area contributed by atoms with Crippen LogP contribution in [0.25, 0.3) is 0 Å². The van der Waals surface area contributed by atoms with Gasteiger partial charge in [-0.25, -0.2) is 4.39 Å². The van der Waals surface area contributed by atoms with Crippen LogP contribution >= 0.6 is 0 Å². The Hall–Kier alpha value is -1.62. The normalized spacial score (nSPS) is 21.7. The van der Waals surface area contributed by atoms with E-state index in [1.807, 2.05) is 0 Å². The number of anilines is 1. The molecule has 0 unspecified atom stereocenters. The van der Waals surface area contributed by atoms with Gasteiger partial charge in [0.25, 0.3) is 5.91 Å². The Bertz CT molecular complexity index is 473. The van der Waals surface area contributed by atoms with Crippen molar-refractivity contribution in [1.29, 1.82) is 0 Å². The maximum absolute atomic E-state index is 13.6. The summed E-state index contributed by atoms with van der Waals surface area (Å²) in [6, 6.07) is 4.47. The number of nitrogens with zero attached hydrogens (tertiary/aromatic N) is 1. The van der Waals surface area contributed by atoms with Crippen molar-refractivity contribution in [3.05, 3.63) is 29.6 Å². The first-order chi connectivity index (χ1) is 9.02. The van der Waals surface area contributed by atoms with Crippen LogP contribution in [-0.4, -0.2) is 42.7 Å². The van der Waals surface area contributed by atoms with Gasteiger partial charge in [-0.05, 0) is 30.9 Å². The summed E-state index contributed by atoms with van der Waals surface area (Å²) in [5.41, 5.74) is 0.567. The summed E-state index contributed by atoms with van der Waals surface area (Å²) in [4.78, 5) is 13.9. The lowest BCUT2D eigenvalue weighted by Gasteiger charge is -2.34. The number of hydrogen-bond donors (Lipinski definition) is 2. The molecule has 1 aliphatic rings. The quantitative estimate of drug-likeness (QED) is 0.872. The lowest BCUT2D eigenvalue weighted by Crippen LogP contribution is -2.39. The van der Waals surface area contributed by atoms with Crippen molar-refractivity contribution in [3.8, 4) is 0 Å². The number of para-hydroxylation sites is 1. The maximum Gasteiger partial charge on any atom is 0.255 e. The Labute approximate surface area is 112 Å². The lowest BCUT2D eigenvalue weighted by molar-refractivity contribution is 0.0265. The van der Waals surface area contributed by atoms with E-state index in [4.69, 9.17) is 0 Å². The van der Waals surface area contributed by atoms with Gasteiger partial charge in [0.2, 0.25) is 0 Å². The Morgan fingerprint density at radius 1 is 1.53 bits per heavy atom. The molecule has 5 heteroatoms. The van der Waals surface area contributed by atoms with Crippen LogP contribution in [0.4, 0.5) is 10.1 Å². The molecule has 0 bridgehead atoms. The fourth-order valence-corrected chi connectivity index (χ4v) is 2.48. The number of nitrogens with one attached hydrogen (secondary N) is 1. The molecule has 0 saturated heterocycles. The van der Waals surface area contributed by atoms with Crippen molar-refractivity contribution in [2.24, 2.45) is 5.92 Å². The van der Waals surface area contributed by atoms with Crippen LogP contribution in [0.5, 0.6) is 0 Å². The minimum absolute atomic E-state index is 0.203. The summed E-state index contributed by atoms with van der Waals surface area (Å²) < 4.78 is 13.6. The summed E-state index contributed by atoms with van der Waals surface area (Å²) in [5, 5.41) is 12.0. The molecule has 0 aromatic heterocycles. The number of amides is 1. The molecule has 0 spiro atoms. The summed E-state index contributed by atoms with van der Waals surface area (Å²) in [6.07, 6.45) is 1.25. The van der Waals surface area contributed by atoms with Crippen molar-refractivity contribution < 1.29 is 14.3 Å². The first kappa shape index (κ1) is 13.8.